The van der Waals surface area contributed by atoms with E-state index in [0.29, 0.717) is 42.1 Å². The number of thiazole rings is 1. The number of amides is 1. The number of aromatic nitrogens is 1. The molecule has 0 spiro atoms. The second kappa shape index (κ2) is 12.1. The molecule has 2 heterocycles. The summed E-state index contributed by atoms with van der Waals surface area (Å²) in [7, 11) is 6.30. The second-order valence-electron chi connectivity index (χ2n) is 8.07. The van der Waals surface area contributed by atoms with E-state index in [0.717, 1.165) is 41.2 Å². The van der Waals surface area contributed by atoms with Gasteiger partial charge in [-0.2, -0.15) is 0 Å². The first-order valence-corrected chi connectivity index (χ1v) is 12.4. The van der Waals surface area contributed by atoms with Gasteiger partial charge in [-0.05, 0) is 35.9 Å². The topological polar surface area (TPSA) is 82.6 Å². The van der Waals surface area contributed by atoms with Crippen LogP contribution in [-0.2, 0) is 9.53 Å². The molecule has 2 aromatic carbocycles. The highest BCUT2D eigenvalue weighted by Crippen LogP contribution is 2.38. The van der Waals surface area contributed by atoms with E-state index < -0.39 is 0 Å². The summed E-state index contributed by atoms with van der Waals surface area (Å²) in [6, 6.07) is 9.34. The van der Waals surface area contributed by atoms with Crippen molar-refractivity contribution in [1.82, 2.24) is 9.88 Å². The number of morpholine rings is 1. The van der Waals surface area contributed by atoms with E-state index >= 15 is 0 Å². The largest absolute Gasteiger partial charge is 0.497 e. The summed E-state index contributed by atoms with van der Waals surface area (Å²) < 4.78 is 28.0. The first-order chi connectivity index (χ1) is 17.6. The van der Waals surface area contributed by atoms with Crippen LogP contribution in [0.25, 0.3) is 16.3 Å². The lowest BCUT2D eigenvalue weighted by molar-refractivity contribution is -0.114. The number of carbonyl (C=O) groups excluding carboxylic acids is 1. The van der Waals surface area contributed by atoms with Crippen molar-refractivity contribution in [2.45, 2.75) is 0 Å². The van der Waals surface area contributed by atoms with Crippen molar-refractivity contribution in [2.24, 2.45) is 0 Å². The predicted octanol–water partition coefficient (Wildman–Crippen LogP) is 3.71. The summed E-state index contributed by atoms with van der Waals surface area (Å²) >= 11 is 1.48. The van der Waals surface area contributed by atoms with Gasteiger partial charge < -0.3 is 23.7 Å². The van der Waals surface area contributed by atoms with Crippen LogP contribution in [0.4, 0.5) is 5.13 Å². The van der Waals surface area contributed by atoms with Crippen LogP contribution in [0.1, 0.15) is 5.56 Å². The predicted molar refractivity (Wildman–Crippen MR) is 141 cm³/mol. The number of rotatable bonds is 10. The minimum Gasteiger partial charge on any atom is -0.497 e. The van der Waals surface area contributed by atoms with Crippen LogP contribution >= 0.6 is 11.3 Å². The van der Waals surface area contributed by atoms with E-state index in [1.165, 1.54) is 11.3 Å². The van der Waals surface area contributed by atoms with E-state index in [-0.39, 0.29) is 5.91 Å². The number of fused-ring (bicyclic) bond motifs is 1. The molecule has 0 atom stereocenters. The highest BCUT2D eigenvalue weighted by Gasteiger charge is 2.21. The Morgan fingerprint density at radius 1 is 1.06 bits per heavy atom. The number of ether oxygens (including phenoxy) is 5. The molecule has 1 aliphatic heterocycles. The van der Waals surface area contributed by atoms with E-state index in [1.54, 1.807) is 57.6 Å². The first-order valence-electron chi connectivity index (χ1n) is 11.6. The lowest BCUT2D eigenvalue weighted by atomic mass is 10.1. The van der Waals surface area contributed by atoms with Crippen LogP contribution in [0.3, 0.4) is 0 Å². The number of hydrogen-bond acceptors (Lipinski definition) is 9. The summed E-state index contributed by atoms with van der Waals surface area (Å²) in [5.74, 6) is 2.11. The lowest BCUT2D eigenvalue weighted by Gasteiger charge is -2.28. The molecule has 1 aliphatic rings. The Morgan fingerprint density at radius 2 is 1.78 bits per heavy atom. The maximum absolute atomic E-state index is 13.5. The maximum Gasteiger partial charge on any atom is 0.252 e. The molecule has 3 aromatic rings. The molecule has 4 rings (SSSR count). The van der Waals surface area contributed by atoms with Crippen molar-refractivity contribution in [3.8, 4) is 23.0 Å². The zero-order chi connectivity index (χ0) is 25.5. The van der Waals surface area contributed by atoms with Gasteiger partial charge in [0.25, 0.3) is 5.91 Å². The fraction of sp³-hybridized carbons (Fsp3) is 0.385. The van der Waals surface area contributed by atoms with Crippen molar-refractivity contribution < 1.29 is 28.5 Å². The Labute approximate surface area is 214 Å². The second-order valence-corrected chi connectivity index (χ2v) is 9.08. The molecule has 1 saturated heterocycles. The zero-order valence-electron chi connectivity index (χ0n) is 21.0. The smallest absolute Gasteiger partial charge is 0.252 e. The fourth-order valence-corrected chi connectivity index (χ4v) is 4.94. The highest BCUT2D eigenvalue weighted by atomic mass is 32.1. The van der Waals surface area contributed by atoms with Gasteiger partial charge in [-0.25, -0.2) is 4.98 Å². The number of benzene rings is 2. The Morgan fingerprint density at radius 3 is 2.42 bits per heavy atom. The van der Waals surface area contributed by atoms with Gasteiger partial charge in [-0.1, -0.05) is 11.3 Å². The minimum atomic E-state index is -0.164. The van der Waals surface area contributed by atoms with Gasteiger partial charge in [0.05, 0.1) is 51.9 Å². The fourth-order valence-electron chi connectivity index (χ4n) is 3.96. The van der Waals surface area contributed by atoms with Crippen LogP contribution in [0.5, 0.6) is 23.0 Å². The van der Waals surface area contributed by atoms with Crippen molar-refractivity contribution in [2.75, 3.05) is 72.7 Å². The Bertz CT molecular complexity index is 1200. The highest BCUT2D eigenvalue weighted by molar-refractivity contribution is 7.22. The van der Waals surface area contributed by atoms with E-state index in [9.17, 15) is 4.79 Å². The molecule has 1 amide bonds. The average molecular weight is 514 g/mol. The van der Waals surface area contributed by atoms with E-state index in [1.807, 2.05) is 18.2 Å². The molecule has 10 heteroatoms. The third kappa shape index (κ3) is 5.89. The van der Waals surface area contributed by atoms with Gasteiger partial charge in [-0.3, -0.25) is 14.6 Å². The zero-order valence-corrected chi connectivity index (χ0v) is 21.8. The molecular weight excluding hydrogens is 482 g/mol. The molecule has 36 heavy (non-hydrogen) atoms. The van der Waals surface area contributed by atoms with Gasteiger partial charge >= 0.3 is 0 Å². The standard InChI is InChI=1S/C26H31N3O6S/c1-31-19-6-7-23-20(17-19)27-26(36-23)29(10-9-28-11-13-35-14-12-28)24(30)8-5-18-15-21(32-2)25(34-4)22(16-18)33-3/h5-8,15-17H,9-14H2,1-4H3/b8-5+. The van der Waals surface area contributed by atoms with Gasteiger partial charge in [0.1, 0.15) is 5.75 Å². The normalized spacial score (nSPS) is 14.2. The number of anilines is 1. The molecule has 0 radical (unpaired) electrons. The first kappa shape index (κ1) is 25.7. The monoisotopic (exact) mass is 513 g/mol. The average Bonchev–Trinajstić information content (AvgIpc) is 3.34. The molecule has 0 saturated carbocycles. The van der Waals surface area contributed by atoms with Crippen molar-refractivity contribution in [3.05, 3.63) is 42.0 Å². The van der Waals surface area contributed by atoms with Gasteiger partial charge in [0, 0.05) is 38.3 Å². The summed E-state index contributed by atoms with van der Waals surface area (Å²) in [5, 5.41) is 0.644. The molecule has 1 fully saturated rings. The minimum absolute atomic E-state index is 0.164. The third-order valence-electron chi connectivity index (χ3n) is 5.93. The van der Waals surface area contributed by atoms with Crippen LogP contribution in [0.2, 0.25) is 0 Å². The number of carbonyl (C=O) groups is 1. The molecule has 1 aromatic heterocycles. The number of hydrogen-bond donors (Lipinski definition) is 0. The van der Waals surface area contributed by atoms with Crippen molar-refractivity contribution >= 4 is 38.7 Å². The molecular formula is C26H31N3O6S. The Kier molecular flexibility index (Phi) is 8.63. The number of nitrogens with zero attached hydrogens (tertiary/aromatic N) is 3. The summed E-state index contributed by atoms with van der Waals surface area (Å²) in [6.07, 6.45) is 3.29. The van der Waals surface area contributed by atoms with Gasteiger partial charge in [0.15, 0.2) is 16.6 Å². The quantitative estimate of drug-likeness (QED) is 0.380. The van der Waals surface area contributed by atoms with E-state index in [4.69, 9.17) is 28.7 Å². The van der Waals surface area contributed by atoms with Crippen LogP contribution < -0.4 is 23.8 Å². The van der Waals surface area contributed by atoms with Gasteiger partial charge in [-0.15, -0.1) is 0 Å². The summed E-state index contributed by atoms with van der Waals surface area (Å²) in [6.45, 7) is 4.34. The number of methoxy groups -OCH3 is 4. The summed E-state index contributed by atoms with van der Waals surface area (Å²) in [4.78, 5) is 22.2. The van der Waals surface area contributed by atoms with Crippen molar-refractivity contribution in [1.29, 1.82) is 0 Å². The van der Waals surface area contributed by atoms with E-state index in [2.05, 4.69) is 4.90 Å². The Balaban J connectivity index is 1.61. The third-order valence-corrected chi connectivity index (χ3v) is 6.99. The molecule has 0 aliphatic carbocycles. The summed E-state index contributed by atoms with van der Waals surface area (Å²) in [5.41, 5.74) is 1.55. The molecule has 0 unspecified atom stereocenters. The molecule has 0 N–H and O–H groups in total. The molecule has 0 bridgehead atoms. The van der Waals surface area contributed by atoms with Crippen LogP contribution in [0.15, 0.2) is 36.4 Å². The molecule has 192 valence electrons. The van der Waals surface area contributed by atoms with Crippen molar-refractivity contribution in [3.63, 3.8) is 0 Å². The maximum atomic E-state index is 13.5. The SMILES string of the molecule is COc1ccc2sc(N(CCN3CCOCC3)C(=O)/C=C/c3cc(OC)c(OC)c(OC)c3)nc2c1. The lowest BCUT2D eigenvalue weighted by Crippen LogP contribution is -2.42. The van der Waals surface area contributed by atoms with Gasteiger partial charge in [0.2, 0.25) is 5.75 Å². The van der Waals surface area contributed by atoms with Crippen LogP contribution in [0, 0.1) is 0 Å². The van der Waals surface area contributed by atoms with Crippen LogP contribution in [-0.4, -0.2) is 83.6 Å². The molecule has 9 nitrogen and oxygen atoms in total. The Hall–Kier alpha value is -3.34.